The van der Waals surface area contributed by atoms with Gasteiger partial charge in [-0.05, 0) is 55.3 Å². The molecule has 0 unspecified atom stereocenters. The van der Waals surface area contributed by atoms with Gasteiger partial charge in [0.1, 0.15) is 0 Å². The Kier molecular flexibility index (Phi) is 6.94. The van der Waals surface area contributed by atoms with E-state index in [-0.39, 0.29) is 17.7 Å². The average molecular weight is 443 g/mol. The zero-order chi connectivity index (χ0) is 23.0. The van der Waals surface area contributed by atoms with Crippen LogP contribution in [0.3, 0.4) is 0 Å². The molecule has 4 N–H and O–H groups in total. The Bertz CT molecular complexity index is 1200. The number of nitrogens with one attached hydrogen (secondary N) is 2. The lowest BCUT2D eigenvalue weighted by Crippen LogP contribution is -2.38. The van der Waals surface area contributed by atoms with Crippen molar-refractivity contribution in [2.45, 2.75) is 12.8 Å². The lowest BCUT2D eigenvalue weighted by atomic mass is 9.96. The van der Waals surface area contributed by atoms with E-state index in [1.54, 1.807) is 30.7 Å². The monoisotopic (exact) mass is 442 g/mol. The van der Waals surface area contributed by atoms with Crippen LogP contribution in [0.4, 0.5) is 11.4 Å². The molecule has 1 saturated heterocycles. The summed E-state index contributed by atoms with van der Waals surface area (Å²) >= 11 is 0. The second-order valence-corrected chi connectivity index (χ2v) is 7.86. The highest BCUT2D eigenvalue weighted by Crippen LogP contribution is 2.22. The average Bonchev–Trinajstić information content (AvgIpc) is 3.33. The summed E-state index contributed by atoms with van der Waals surface area (Å²) in [5.41, 5.74) is 8.75. The van der Waals surface area contributed by atoms with E-state index in [4.69, 9.17) is 5.73 Å². The van der Waals surface area contributed by atoms with Gasteiger partial charge in [-0.1, -0.05) is 18.2 Å². The third kappa shape index (κ3) is 5.74. The molecule has 5 rings (SSSR count). The van der Waals surface area contributed by atoms with Gasteiger partial charge in [0.05, 0.1) is 11.7 Å². The molecule has 168 valence electrons. The standard InChI is InChI=1S/C14H11N3O.C11H15N3O/c18-14(10-4-2-1-3-5-10)16-12-7-6-11-9-15-17-13(11)8-12;12-11(15)9-3-7-14(8-4-9)10-1-5-13-6-2-10/h1-9H,(H,15,17)(H,16,18);1-2,5-6,9H,3-4,7-8H2,(H2,12,15). The van der Waals surface area contributed by atoms with Gasteiger partial charge in [0.25, 0.3) is 5.91 Å². The van der Waals surface area contributed by atoms with Crippen LogP contribution in [-0.4, -0.2) is 40.1 Å². The van der Waals surface area contributed by atoms with Crippen molar-refractivity contribution in [1.29, 1.82) is 0 Å². The summed E-state index contributed by atoms with van der Waals surface area (Å²) in [6.45, 7) is 1.80. The van der Waals surface area contributed by atoms with Crippen LogP contribution in [0.25, 0.3) is 10.9 Å². The van der Waals surface area contributed by atoms with E-state index in [9.17, 15) is 9.59 Å². The number of hydrogen-bond donors (Lipinski definition) is 3. The molecule has 2 aromatic carbocycles. The van der Waals surface area contributed by atoms with Gasteiger partial charge in [-0.25, -0.2) is 0 Å². The Labute approximate surface area is 191 Å². The van der Waals surface area contributed by atoms with Gasteiger partial charge < -0.3 is 16.0 Å². The maximum absolute atomic E-state index is 12.0. The number of piperidine rings is 1. The highest BCUT2D eigenvalue weighted by atomic mass is 16.2. The predicted octanol–water partition coefficient (Wildman–Crippen LogP) is 3.60. The van der Waals surface area contributed by atoms with Crippen molar-refractivity contribution in [3.05, 3.63) is 84.8 Å². The number of H-pyrrole nitrogens is 1. The minimum Gasteiger partial charge on any atom is -0.371 e. The Morgan fingerprint density at radius 1 is 1.00 bits per heavy atom. The van der Waals surface area contributed by atoms with Crippen molar-refractivity contribution in [3.8, 4) is 0 Å². The van der Waals surface area contributed by atoms with Gasteiger partial charge >= 0.3 is 0 Å². The van der Waals surface area contributed by atoms with Crippen LogP contribution in [0.15, 0.2) is 79.3 Å². The second kappa shape index (κ2) is 10.4. The fraction of sp³-hybridized carbons (Fsp3) is 0.200. The minimum absolute atomic E-state index is 0.0584. The van der Waals surface area contributed by atoms with E-state index in [0.717, 1.165) is 42.5 Å². The fourth-order valence-electron chi connectivity index (χ4n) is 3.78. The molecule has 1 aliphatic heterocycles. The third-order valence-corrected chi connectivity index (χ3v) is 5.66. The number of nitrogens with two attached hydrogens (primary N) is 1. The normalized spacial score (nSPS) is 13.8. The van der Waals surface area contributed by atoms with Crippen molar-refractivity contribution in [1.82, 2.24) is 15.2 Å². The minimum atomic E-state index is -0.163. The Balaban J connectivity index is 0.000000160. The summed E-state index contributed by atoms with van der Waals surface area (Å²) in [4.78, 5) is 29.2. The molecule has 0 aliphatic carbocycles. The Morgan fingerprint density at radius 3 is 2.42 bits per heavy atom. The molecule has 2 aromatic heterocycles. The van der Waals surface area contributed by atoms with Crippen LogP contribution in [-0.2, 0) is 4.79 Å². The van der Waals surface area contributed by atoms with Crippen LogP contribution in [0.5, 0.6) is 0 Å². The summed E-state index contributed by atoms with van der Waals surface area (Å²) in [5, 5.41) is 10.7. The first-order valence-corrected chi connectivity index (χ1v) is 10.8. The smallest absolute Gasteiger partial charge is 0.255 e. The first-order valence-electron chi connectivity index (χ1n) is 10.8. The number of amides is 2. The van der Waals surface area contributed by atoms with E-state index >= 15 is 0 Å². The number of nitrogens with zero attached hydrogens (tertiary/aromatic N) is 3. The quantitative estimate of drug-likeness (QED) is 0.446. The van der Waals surface area contributed by atoms with Crippen LogP contribution in [0.2, 0.25) is 0 Å². The van der Waals surface area contributed by atoms with Crippen molar-refractivity contribution in [2.24, 2.45) is 11.7 Å². The van der Waals surface area contributed by atoms with Gasteiger partial charge in [0.2, 0.25) is 5.91 Å². The van der Waals surface area contributed by atoms with Crippen LogP contribution in [0, 0.1) is 5.92 Å². The summed E-state index contributed by atoms with van der Waals surface area (Å²) in [6.07, 6.45) is 7.04. The van der Waals surface area contributed by atoms with Crippen molar-refractivity contribution >= 4 is 34.1 Å². The van der Waals surface area contributed by atoms with E-state index in [0.29, 0.717) is 5.56 Å². The van der Waals surface area contributed by atoms with Crippen LogP contribution < -0.4 is 16.0 Å². The molecular formula is C25H26N6O2. The SMILES string of the molecule is NC(=O)C1CCN(c2ccncc2)CC1.O=C(Nc1ccc2cn[nH]c2c1)c1ccccc1. The Hall–Kier alpha value is -4.20. The first-order chi connectivity index (χ1) is 16.1. The largest absolute Gasteiger partial charge is 0.371 e. The number of anilines is 2. The van der Waals surface area contributed by atoms with E-state index in [2.05, 4.69) is 25.4 Å². The maximum Gasteiger partial charge on any atom is 0.255 e. The molecule has 8 nitrogen and oxygen atoms in total. The van der Waals surface area contributed by atoms with Crippen molar-refractivity contribution in [2.75, 3.05) is 23.3 Å². The molecule has 0 saturated carbocycles. The first kappa shape index (κ1) is 22.0. The van der Waals surface area contributed by atoms with Crippen molar-refractivity contribution < 1.29 is 9.59 Å². The number of aromatic nitrogens is 3. The number of carbonyl (C=O) groups excluding carboxylic acids is 2. The number of rotatable bonds is 4. The van der Waals surface area contributed by atoms with Gasteiger partial charge in [-0.2, -0.15) is 5.10 Å². The lowest BCUT2D eigenvalue weighted by molar-refractivity contribution is -0.122. The van der Waals surface area contributed by atoms with Gasteiger partial charge in [-0.15, -0.1) is 0 Å². The molecule has 4 aromatic rings. The molecule has 1 aliphatic rings. The van der Waals surface area contributed by atoms with E-state index < -0.39 is 0 Å². The molecule has 2 amide bonds. The van der Waals surface area contributed by atoms with Crippen LogP contribution in [0.1, 0.15) is 23.2 Å². The zero-order valence-corrected chi connectivity index (χ0v) is 18.1. The number of fused-ring (bicyclic) bond motifs is 1. The molecule has 0 radical (unpaired) electrons. The van der Waals surface area contributed by atoms with E-state index in [1.165, 1.54) is 5.69 Å². The third-order valence-electron chi connectivity index (χ3n) is 5.66. The highest BCUT2D eigenvalue weighted by molar-refractivity contribution is 6.05. The number of aromatic amines is 1. The molecular weight excluding hydrogens is 416 g/mol. The second-order valence-electron chi connectivity index (χ2n) is 7.86. The summed E-state index contributed by atoms with van der Waals surface area (Å²) < 4.78 is 0. The number of hydrogen-bond acceptors (Lipinski definition) is 5. The van der Waals surface area contributed by atoms with Gasteiger partial charge in [-0.3, -0.25) is 19.7 Å². The van der Waals surface area contributed by atoms with E-state index in [1.807, 2.05) is 48.5 Å². The molecule has 1 fully saturated rings. The number of benzene rings is 2. The maximum atomic E-state index is 12.0. The van der Waals surface area contributed by atoms with Gasteiger partial charge in [0, 0.05) is 53.7 Å². The number of primary amides is 1. The molecule has 0 bridgehead atoms. The van der Waals surface area contributed by atoms with Gasteiger partial charge in [0.15, 0.2) is 0 Å². The summed E-state index contributed by atoms with van der Waals surface area (Å²) in [6, 6.07) is 18.7. The Morgan fingerprint density at radius 2 is 1.73 bits per heavy atom. The molecule has 0 atom stereocenters. The number of carbonyl (C=O) groups is 2. The van der Waals surface area contributed by atoms with Crippen LogP contribution >= 0.6 is 0 Å². The predicted molar refractivity (Wildman–Crippen MR) is 129 cm³/mol. The van der Waals surface area contributed by atoms with Crippen molar-refractivity contribution in [3.63, 3.8) is 0 Å². The molecule has 0 spiro atoms. The topological polar surface area (TPSA) is 117 Å². The molecule has 33 heavy (non-hydrogen) atoms. The lowest BCUT2D eigenvalue weighted by Gasteiger charge is -2.32. The highest BCUT2D eigenvalue weighted by Gasteiger charge is 2.22. The number of pyridine rings is 1. The molecule has 3 heterocycles. The summed E-state index contributed by atoms with van der Waals surface area (Å²) in [5.74, 6) is -0.220. The summed E-state index contributed by atoms with van der Waals surface area (Å²) in [7, 11) is 0. The fourth-order valence-corrected chi connectivity index (χ4v) is 3.78. The zero-order valence-electron chi connectivity index (χ0n) is 18.1. The molecule has 8 heteroatoms.